The van der Waals surface area contributed by atoms with Crippen molar-refractivity contribution in [3.8, 4) is 5.75 Å². The van der Waals surface area contributed by atoms with Gasteiger partial charge in [-0.05, 0) is 43.0 Å². The summed E-state index contributed by atoms with van der Waals surface area (Å²) in [5.41, 5.74) is 3.50. The molecular weight excluding hydrogens is 236 g/mol. The van der Waals surface area contributed by atoms with Crippen LogP contribution in [0.25, 0.3) is 0 Å². The van der Waals surface area contributed by atoms with Gasteiger partial charge in [-0.25, -0.2) is 0 Å². The first kappa shape index (κ1) is 13.6. The Labute approximate surface area is 114 Å². The molecule has 0 bridgehead atoms. The van der Waals surface area contributed by atoms with Gasteiger partial charge in [-0.1, -0.05) is 42.0 Å². The number of hydrogen-bond donors (Lipinski definition) is 1. The third-order valence-electron chi connectivity index (χ3n) is 3.16. The Morgan fingerprint density at radius 2 is 1.63 bits per heavy atom. The summed E-state index contributed by atoms with van der Waals surface area (Å²) >= 11 is 0. The molecule has 2 rings (SSSR count). The van der Waals surface area contributed by atoms with Crippen LogP contribution in [0.1, 0.15) is 16.7 Å². The Balaban J connectivity index is 1.98. The molecule has 0 spiro atoms. The zero-order chi connectivity index (χ0) is 13.7. The molecular formula is C17H20O2. The molecule has 0 radical (unpaired) electrons. The molecule has 2 heteroatoms. The van der Waals surface area contributed by atoms with E-state index in [1.54, 1.807) is 7.11 Å². The maximum Gasteiger partial charge on any atom is 0.119 e. The minimum atomic E-state index is -0.367. The average molecular weight is 256 g/mol. The van der Waals surface area contributed by atoms with E-state index in [4.69, 9.17) is 4.74 Å². The van der Waals surface area contributed by atoms with E-state index < -0.39 is 0 Å². The van der Waals surface area contributed by atoms with Crippen LogP contribution in [0.15, 0.2) is 48.5 Å². The van der Waals surface area contributed by atoms with Crippen molar-refractivity contribution in [2.75, 3.05) is 7.11 Å². The summed E-state index contributed by atoms with van der Waals surface area (Å²) in [5.74, 6) is 0.834. The van der Waals surface area contributed by atoms with Crippen LogP contribution in [0.2, 0.25) is 0 Å². The predicted molar refractivity (Wildman–Crippen MR) is 77.6 cm³/mol. The molecule has 2 aromatic rings. The van der Waals surface area contributed by atoms with E-state index in [1.807, 2.05) is 30.3 Å². The standard InChI is InChI=1S/C17H20O2/c1-13-5-3-6-14(9-13)10-16(18)11-15-7-4-8-17(12-15)19-2/h3-9,12,16,18H,10-11H2,1-2H3. The third kappa shape index (κ3) is 4.11. The first-order valence-electron chi connectivity index (χ1n) is 6.54. The summed E-state index contributed by atoms with van der Waals surface area (Å²) in [6, 6.07) is 16.1. The van der Waals surface area contributed by atoms with E-state index in [2.05, 4.69) is 25.1 Å². The van der Waals surface area contributed by atoms with Gasteiger partial charge in [-0.2, -0.15) is 0 Å². The van der Waals surface area contributed by atoms with Gasteiger partial charge in [0.2, 0.25) is 0 Å². The van der Waals surface area contributed by atoms with E-state index in [0.717, 1.165) is 11.3 Å². The number of hydrogen-bond acceptors (Lipinski definition) is 2. The molecule has 0 aliphatic carbocycles. The Morgan fingerprint density at radius 1 is 1.00 bits per heavy atom. The molecule has 100 valence electrons. The fraction of sp³-hybridized carbons (Fsp3) is 0.294. The number of ether oxygens (including phenoxy) is 1. The molecule has 0 saturated heterocycles. The molecule has 1 N–H and O–H groups in total. The number of aliphatic hydroxyl groups excluding tert-OH is 1. The predicted octanol–water partition coefficient (Wildman–Crippen LogP) is 3.15. The number of aryl methyl sites for hydroxylation is 1. The first-order chi connectivity index (χ1) is 9.17. The van der Waals surface area contributed by atoms with Crippen LogP contribution in [0.5, 0.6) is 5.75 Å². The van der Waals surface area contributed by atoms with Crippen LogP contribution < -0.4 is 4.74 Å². The van der Waals surface area contributed by atoms with Crippen LogP contribution >= 0.6 is 0 Å². The van der Waals surface area contributed by atoms with Crippen molar-refractivity contribution < 1.29 is 9.84 Å². The van der Waals surface area contributed by atoms with Gasteiger partial charge in [-0.3, -0.25) is 0 Å². The van der Waals surface area contributed by atoms with Gasteiger partial charge in [0, 0.05) is 0 Å². The highest BCUT2D eigenvalue weighted by Gasteiger charge is 2.07. The number of methoxy groups -OCH3 is 1. The summed E-state index contributed by atoms with van der Waals surface area (Å²) < 4.78 is 5.19. The number of aliphatic hydroxyl groups is 1. The van der Waals surface area contributed by atoms with Crippen LogP contribution in [0, 0.1) is 6.92 Å². The van der Waals surface area contributed by atoms with Crippen molar-refractivity contribution in [3.05, 3.63) is 65.2 Å². The molecule has 0 aliphatic rings. The molecule has 0 aliphatic heterocycles. The summed E-state index contributed by atoms with van der Waals surface area (Å²) in [7, 11) is 1.66. The van der Waals surface area contributed by atoms with Gasteiger partial charge < -0.3 is 9.84 Å². The van der Waals surface area contributed by atoms with Crippen molar-refractivity contribution >= 4 is 0 Å². The second-order valence-electron chi connectivity index (χ2n) is 4.90. The van der Waals surface area contributed by atoms with Crippen molar-refractivity contribution in [3.63, 3.8) is 0 Å². The van der Waals surface area contributed by atoms with Crippen LogP contribution in [0.3, 0.4) is 0 Å². The average Bonchev–Trinajstić information content (AvgIpc) is 2.38. The van der Waals surface area contributed by atoms with Crippen LogP contribution in [0.4, 0.5) is 0 Å². The first-order valence-corrected chi connectivity index (χ1v) is 6.54. The number of benzene rings is 2. The highest BCUT2D eigenvalue weighted by Crippen LogP contribution is 2.15. The zero-order valence-corrected chi connectivity index (χ0v) is 11.5. The lowest BCUT2D eigenvalue weighted by Crippen LogP contribution is -2.14. The normalized spacial score (nSPS) is 12.2. The maximum absolute atomic E-state index is 10.2. The van der Waals surface area contributed by atoms with Gasteiger partial charge in [0.1, 0.15) is 5.75 Å². The lowest BCUT2D eigenvalue weighted by molar-refractivity contribution is 0.175. The van der Waals surface area contributed by atoms with E-state index in [0.29, 0.717) is 12.8 Å². The summed E-state index contributed by atoms with van der Waals surface area (Å²) in [6.07, 6.45) is 0.957. The van der Waals surface area contributed by atoms with Gasteiger partial charge in [0.05, 0.1) is 13.2 Å². The van der Waals surface area contributed by atoms with Gasteiger partial charge in [0.25, 0.3) is 0 Å². The van der Waals surface area contributed by atoms with Gasteiger partial charge in [-0.15, -0.1) is 0 Å². The fourth-order valence-corrected chi connectivity index (χ4v) is 2.25. The molecule has 0 fully saturated rings. The van der Waals surface area contributed by atoms with E-state index in [-0.39, 0.29) is 6.10 Å². The lowest BCUT2D eigenvalue weighted by atomic mass is 10.0. The van der Waals surface area contributed by atoms with Crippen LogP contribution in [-0.2, 0) is 12.8 Å². The summed E-state index contributed by atoms with van der Waals surface area (Å²) in [5, 5.41) is 10.2. The fourth-order valence-electron chi connectivity index (χ4n) is 2.25. The minimum Gasteiger partial charge on any atom is -0.497 e. The zero-order valence-electron chi connectivity index (χ0n) is 11.5. The molecule has 0 heterocycles. The Bertz CT molecular complexity index is 534. The van der Waals surface area contributed by atoms with Crippen molar-refractivity contribution in [2.45, 2.75) is 25.9 Å². The SMILES string of the molecule is COc1cccc(CC(O)Cc2cccc(C)c2)c1. The monoisotopic (exact) mass is 256 g/mol. The second-order valence-corrected chi connectivity index (χ2v) is 4.90. The Kier molecular flexibility index (Phi) is 4.58. The molecule has 1 unspecified atom stereocenters. The van der Waals surface area contributed by atoms with Gasteiger partial charge >= 0.3 is 0 Å². The molecule has 2 aromatic carbocycles. The van der Waals surface area contributed by atoms with Crippen molar-refractivity contribution in [1.82, 2.24) is 0 Å². The quantitative estimate of drug-likeness (QED) is 0.890. The van der Waals surface area contributed by atoms with E-state index in [1.165, 1.54) is 11.1 Å². The maximum atomic E-state index is 10.2. The largest absolute Gasteiger partial charge is 0.497 e. The molecule has 19 heavy (non-hydrogen) atoms. The van der Waals surface area contributed by atoms with Crippen molar-refractivity contribution in [2.24, 2.45) is 0 Å². The summed E-state index contributed by atoms with van der Waals surface area (Å²) in [6.45, 7) is 2.07. The topological polar surface area (TPSA) is 29.5 Å². The molecule has 0 saturated carbocycles. The second kappa shape index (κ2) is 6.39. The Hall–Kier alpha value is -1.80. The highest BCUT2D eigenvalue weighted by molar-refractivity contribution is 5.29. The summed E-state index contributed by atoms with van der Waals surface area (Å²) in [4.78, 5) is 0. The lowest BCUT2D eigenvalue weighted by Gasteiger charge is -2.12. The van der Waals surface area contributed by atoms with Gasteiger partial charge in [0.15, 0.2) is 0 Å². The van der Waals surface area contributed by atoms with E-state index in [9.17, 15) is 5.11 Å². The highest BCUT2D eigenvalue weighted by atomic mass is 16.5. The van der Waals surface area contributed by atoms with E-state index >= 15 is 0 Å². The smallest absolute Gasteiger partial charge is 0.119 e. The molecule has 0 aromatic heterocycles. The molecule has 2 nitrogen and oxygen atoms in total. The number of rotatable bonds is 5. The Morgan fingerprint density at radius 3 is 2.26 bits per heavy atom. The minimum absolute atomic E-state index is 0.367. The van der Waals surface area contributed by atoms with Crippen molar-refractivity contribution in [1.29, 1.82) is 0 Å². The van der Waals surface area contributed by atoms with Crippen LogP contribution in [-0.4, -0.2) is 18.3 Å². The molecule has 0 amide bonds. The third-order valence-corrected chi connectivity index (χ3v) is 3.16. The molecule has 1 atom stereocenters.